The molecule has 2 N–H and O–H groups in total. The molecule has 1 fully saturated rings. The van der Waals surface area contributed by atoms with Gasteiger partial charge in [0, 0.05) is 38.8 Å². The molecule has 0 saturated carbocycles. The Morgan fingerprint density at radius 1 is 1.47 bits per heavy atom. The summed E-state index contributed by atoms with van der Waals surface area (Å²) in [6.45, 7) is 1.53. The second-order valence-corrected chi connectivity index (χ2v) is 4.69. The molecule has 1 saturated heterocycles. The number of carbonyl (C=O) groups excluding carboxylic acids is 1. The summed E-state index contributed by atoms with van der Waals surface area (Å²) in [5.74, 6) is -0.176. The summed E-state index contributed by atoms with van der Waals surface area (Å²) in [5, 5.41) is 17.1. The van der Waals surface area contributed by atoms with Crippen LogP contribution in [0.2, 0.25) is 0 Å². The van der Waals surface area contributed by atoms with Crippen LogP contribution in [0.15, 0.2) is 18.2 Å². The van der Waals surface area contributed by atoms with Crippen LogP contribution in [-0.2, 0) is 0 Å². The number of hydrogen-bond donors (Lipinski definition) is 2. The van der Waals surface area contributed by atoms with E-state index in [0.717, 1.165) is 13.1 Å². The smallest absolute Gasteiger partial charge is 0.292 e. The predicted molar refractivity (Wildman–Crippen MR) is 71.4 cm³/mol. The lowest BCUT2D eigenvalue weighted by atomic mass is 10.1. The highest BCUT2D eigenvalue weighted by atomic mass is 16.6. The van der Waals surface area contributed by atoms with Crippen LogP contribution in [0.4, 0.5) is 11.4 Å². The third-order valence-electron chi connectivity index (χ3n) is 2.99. The van der Waals surface area contributed by atoms with Gasteiger partial charge in [-0.15, -0.1) is 0 Å². The van der Waals surface area contributed by atoms with Crippen LogP contribution in [0.3, 0.4) is 0 Å². The van der Waals surface area contributed by atoms with Gasteiger partial charge in [0.1, 0.15) is 5.69 Å². The first-order chi connectivity index (χ1) is 8.99. The third kappa shape index (κ3) is 2.82. The number of rotatable bonds is 4. The van der Waals surface area contributed by atoms with Crippen LogP contribution in [0.1, 0.15) is 10.4 Å². The van der Waals surface area contributed by atoms with Crippen molar-refractivity contribution in [1.82, 2.24) is 10.2 Å². The Labute approximate surface area is 110 Å². The van der Waals surface area contributed by atoms with Crippen LogP contribution >= 0.6 is 0 Å². The van der Waals surface area contributed by atoms with Gasteiger partial charge >= 0.3 is 0 Å². The third-order valence-corrected chi connectivity index (χ3v) is 2.99. The summed E-state index contributed by atoms with van der Waals surface area (Å²) in [6.07, 6.45) is 0. The van der Waals surface area contributed by atoms with E-state index in [1.165, 1.54) is 17.0 Å². The standard InChI is InChI=1S/C12H16N4O3/c1-15(2)12(17)8-3-4-11(16(18)19)10(5-8)14-9-6-13-7-9/h3-5,9,13-14H,6-7H2,1-2H3. The molecule has 102 valence electrons. The number of amides is 1. The average molecular weight is 264 g/mol. The molecule has 0 aromatic heterocycles. The number of hydrogen-bond acceptors (Lipinski definition) is 5. The van der Waals surface area contributed by atoms with Gasteiger partial charge in [0.15, 0.2) is 0 Å². The average Bonchev–Trinajstić information content (AvgIpc) is 2.32. The van der Waals surface area contributed by atoms with Crippen LogP contribution in [0.5, 0.6) is 0 Å². The monoisotopic (exact) mass is 264 g/mol. The van der Waals surface area contributed by atoms with E-state index >= 15 is 0 Å². The lowest BCUT2D eigenvalue weighted by Gasteiger charge is -2.28. The van der Waals surface area contributed by atoms with Crippen LogP contribution in [-0.4, -0.2) is 49.0 Å². The van der Waals surface area contributed by atoms with Gasteiger partial charge in [0.05, 0.1) is 11.0 Å². The van der Waals surface area contributed by atoms with Gasteiger partial charge in [-0.3, -0.25) is 14.9 Å². The zero-order valence-electron chi connectivity index (χ0n) is 10.8. The first-order valence-corrected chi connectivity index (χ1v) is 5.96. The Morgan fingerprint density at radius 3 is 2.63 bits per heavy atom. The molecular formula is C12H16N4O3. The minimum Gasteiger partial charge on any atom is -0.374 e. The van der Waals surface area contributed by atoms with Gasteiger partial charge < -0.3 is 15.5 Å². The molecule has 0 spiro atoms. The minimum atomic E-state index is -0.446. The van der Waals surface area contributed by atoms with Crippen LogP contribution in [0, 0.1) is 10.1 Å². The van der Waals surface area contributed by atoms with Crippen LogP contribution in [0.25, 0.3) is 0 Å². The molecule has 1 amide bonds. The van der Waals surface area contributed by atoms with Gasteiger partial charge in [-0.25, -0.2) is 0 Å². The zero-order chi connectivity index (χ0) is 14.0. The summed E-state index contributed by atoms with van der Waals surface area (Å²) in [5.41, 5.74) is 0.816. The van der Waals surface area contributed by atoms with E-state index < -0.39 is 4.92 Å². The zero-order valence-corrected chi connectivity index (χ0v) is 10.8. The van der Waals surface area contributed by atoms with E-state index in [1.54, 1.807) is 20.2 Å². The summed E-state index contributed by atoms with van der Waals surface area (Å²) >= 11 is 0. The van der Waals surface area contributed by atoms with E-state index in [9.17, 15) is 14.9 Å². The molecule has 1 aromatic carbocycles. The van der Waals surface area contributed by atoms with Crippen molar-refractivity contribution in [2.24, 2.45) is 0 Å². The van der Waals surface area contributed by atoms with E-state index in [4.69, 9.17) is 0 Å². The fourth-order valence-corrected chi connectivity index (χ4v) is 1.81. The molecule has 1 aromatic rings. The lowest BCUT2D eigenvalue weighted by Crippen LogP contribution is -2.51. The van der Waals surface area contributed by atoms with Crippen molar-refractivity contribution < 1.29 is 9.72 Å². The quantitative estimate of drug-likeness (QED) is 0.617. The fourth-order valence-electron chi connectivity index (χ4n) is 1.81. The number of nitro groups is 1. The lowest BCUT2D eigenvalue weighted by molar-refractivity contribution is -0.384. The van der Waals surface area contributed by atoms with Crippen molar-refractivity contribution in [2.75, 3.05) is 32.5 Å². The van der Waals surface area contributed by atoms with Crippen molar-refractivity contribution in [1.29, 1.82) is 0 Å². The Kier molecular flexibility index (Phi) is 3.66. The maximum atomic E-state index is 11.9. The number of benzene rings is 1. The fraction of sp³-hybridized carbons (Fsp3) is 0.417. The molecule has 0 bridgehead atoms. The Balaban J connectivity index is 2.31. The van der Waals surface area contributed by atoms with E-state index in [0.29, 0.717) is 11.3 Å². The van der Waals surface area contributed by atoms with Gasteiger partial charge in [-0.2, -0.15) is 0 Å². The molecule has 1 aliphatic heterocycles. The number of nitro benzene ring substituents is 1. The molecule has 1 aliphatic rings. The van der Waals surface area contributed by atoms with Crippen molar-refractivity contribution in [3.8, 4) is 0 Å². The molecule has 19 heavy (non-hydrogen) atoms. The summed E-state index contributed by atoms with van der Waals surface area (Å²) < 4.78 is 0. The van der Waals surface area contributed by atoms with Gasteiger partial charge in [-0.05, 0) is 12.1 Å². The molecular weight excluding hydrogens is 248 g/mol. The van der Waals surface area contributed by atoms with Crippen molar-refractivity contribution in [3.63, 3.8) is 0 Å². The molecule has 2 rings (SSSR count). The highest BCUT2D eigenvalue weighted by Gasteiger charge is 2.22. The topological polar surface area (TPSA) is 87.5 Å². The maximum Gasteiger partial charge on any atom is 0.292 e. The second-order valence-electron chi connectivity index (χ2n) is 4.69. The van der Waals surface area contributed by atoms with Crippen molar-refractivity contribution in [2.45, 2.75) is 6.04 Å². The molecule has 0 aliphatic carbocycles. The number of carbonyl (C=O) groups is 1. The summed E-state index contributed by atoms with van der Waals surface area (Å²) in [4.78, 5) is 23.8. The Hall–Kier alpha value is -2.15. The van der Waals surface area contributed by atoms with Crippen LogP contribution < -0.4 is 10.6 Å². The molecule has 0 atom stereocenters. The highest BCUT2D eigenvalue weighted by Crippen LogP contribution is 2.27. The predicted octanol–water partition coefficient (Wildman–Crippen LogP) is 0.680. The maximum absolute atomic E-state index is 11.9. The second kappa shape index (κ2) is 5.23. The van der Waals surface area contributed by atoms with E-state index in [-0.39, 0.29) is 17.6 Å². The summed E-state index contributed by atoms with van der Waals surface area (Å²) in [7, 11) is 3.29. The van der Waals surface area contributed by atoms with Gasteiger partial charge in [0.25, 0.3) is 11.6 Å². The molecule has 1 heterocycles. The molecule has 7 heteroatoms. The van der Waals surface area contributed by atoms with E-state index in [1.807, 2.05) is 0 Å². The SMILES string of the molecule is CN(C)C(=O)c1ccc([N+](=O)[O-])c(NC2CNC2)c1. The van der Waals surface area contributed by atoms with Crippen molar-refractivity contribution >= 4 is 17.3 Å². The highest BCUT2D eigenvalue weighted by molar-refractivity contribution is 5.95. The Morgan fingerprint density at radius 2 is 2.16 bits per heavy atom. The first kappa shape index (κ1) is 13.3. The molecule has 0 unspecified atom stereocenters. The number of nitrogens with zero attached hydrogens (tertiary/aromatic N) is 2. The van der Waals surface area contributed by atoms with Gasteiger partial charge in [0.2, 0.25) is 0 Å². The minimum absolute atomic E-state index is 0.0118. The Bertz CT molecular complexity index is 512. The number of anilines is 1. The molecule has 7 nitrogen and oxygen atoms in total. The van der Waals surface area contributed by atoms with Crippen molar-refractivity contribution in [3.05, 3.63) is 33.9 Å². The summed E-state index contributed by atoms with van der Waals surface area (Å²) in [6, 6.07) is 4.55. The largest absolute Gasteiger partial charge is 0.374 e. The number of nitrogens with one attached hydrogen (secondary N) is 2. The normalized spacial score (nSPS) is 14.6. The first-order valence-electron chi connectivity index (χ1n) is 5.96. The molecule has 0 radical (unpaired) electrons. The van der Waals surface area contributed by atoms with Gasteiger partial charge in [-0.1, -0.05) is 0 Å². The van der Waals surface area contributed by atoms with E-state index in [2.05, 4.69) is 10.6 Å².